The predicted octanol–water partition coefficient (Wildman–Crippen LogP) is 3.12. The third kappa shape index (κ3) is 3.93. The summed E-state index contributed by atoms with van der Waals surface area (Å²) in [6.45, 7) is 7.70. The largest absolute Gasteiger partial charge is 0.493 e. The average Bonchev–Trinajstić information content (AvgIpc) is 2.28. The van der Waals surface area contributed by atoms with Gasteiger partial charge in [0.25, 0.3) is 0 Å². The van der Waals surface area contributed by atoms with Crippen molar-refractivity contribution in [3.63, 3.8) is 0 Å². The van der Waals surface area contributed by atoms with Crippen molar-refractivity contribution >= 4 is 5.69 Å². The van der Waals surface area contributed by atoms with E-state index in [-0.39, 0.29) is 0 Å². The molecule has 17 heavy (non-hydrogen) atoms. The minimum atomic E-state index is 0.412. The molecule has 0 aliphatic carbocycles. The van der Waals surface area contributed by atoms with E-state index in [9.17, 15) is 0 Å². The number of ether oxygens (including phenoxy) is 2. The summed E-state index contributed by atoms with van der Waals surface area (Å²) in [5.74, 6) is 1.36. The van der Waals surface area contributed by atoms with Crippen LogP contribution in [0.15, 0.2) is 12.1 Å². The molecule has 1 aromatic rings. The molecule has 1 aromatic carbocycles. The Bertz CT molecular complexity index is 361. The Labute approximate surface area is 104 Å². The van der Waals surface area contributed by atoms with E-state index < -0.39 is 0 Å². The summed E-state index contributed by atoms with van der Waals surface area (Å²) in [6, 6.07) is 4.04. The molecule has 1 rings (SSSR count). The molecule has 0 saturated heterocycles. The van der Waals surface area contributed by atoms with E-state index in [0.717, 1.165) is 30.0 Å². The molecule has 0 spiro atoms. The Morgan fingerprint density at radius 1 is 1.24 bits per heavy atom. The first-order valence-electron chi connectivity index (χ1n) is 6.08. The number of benzene rings is 1. The molecule has 2 N–H and O–H groups in total. The Hall–Kier alpha value is -1.22. The second-order valence-corrected chi connectivity index (χ2v) is 4.60. The first-order chi connectivity index (χ1) is 8.06. The van der Waals surface area contributed by atoms with Crippen LogP contribution in [0.3, 0.4) is 0 Å². The third-order valence-electron chi connectivity index (χ3n) is 2.77. The number of anilines is 1. The van der Waals surface area contributed by atoms with Gasteiger partial charge in [-0.25, -0.2) is 0 Å². The van der Waals surface area contributed by atoms with Crippen molar-refractivity contribution < 1.29 is 9.47 Å². The summed E-state index contributed by atoms with van der Waals surface area (Å²) < 4.78 is 10.8. The Balaban J connectivity index is 2.78. The molecule has 0 aromatic heterocycles. The van der Waals surface area contributed by atoms with Gasteiger partial charge in [0.05, 0.1) is 6.61 Å². The van der Waals surface area contributed by atoms with E-state index in [1.54, 1.807) is 7.11 Å². The molecule has 0 fully saturated rings. The van der Waals surface area contributed by atoms with Crippen LogP contribution in [0.2, 0.25) is 0 Å². The van der Waals surface area contributed by atoms with E-state index >= 15 is 0 Å². The van der Waals surface area contributed by atoms with Gasteiger partial charge in [-0.1, -0.05) is 13.8 Å². The van der Waals surface area contributed by atoms with Gasteiger partial charge in [-0.3, -0.25) is 0 Å². The Morgan fingerprint density at radius 3 is 2.53 bits per heavy atom. The highest BCUT2D eigenvalue weighted by Crippen LogP contribution is 2.30. The van der Waals surface area contributed by atoms with Gasteiger partial charge in [-0.2, -0.15) is 0 Å². The number of nitrogen functional groups attached to an aromatic ring is 1. The molecule has 0 aliphatic rings. The number of nitrogens with two attached hydrogens (primary N) is 1. The van der Waals surface area contributed by atoms with Crippen molar-refractivity contribution in [1.29, 1.82) is 0 Å². The van der Waals surface area contributed by atoms with Crippen molar-refractivity contribution in [3.05, 3.63) is 23.3 Å². The molecule has 0 heterocycles. The maximum absolute atomic E-state index is 5.93. The van der Waals surface area contributed by atoms with Crippen LogP contribution in [-0.4, -0.2) is 20.3 Å². The van der Waals surface area contributed by atoms with Gasteiger partial charge < -0.3 is 15.2 Å². The smallest absolute Gasteiger partial charge is 0.123 e. The van der Waals surface area contributed by atoms with Crippen LogP contribution in [-0.2, 0) is 4.74 Å². The van der Waals surface area contributed by atoms with E-state index in [2.05, 4.69) is 13.8 Å². The van der Waals surface area contributed by atoms with E-state index in [4.69, 9.17) is 15.2 Å². The maximum atomic E-state index is 5.93. The maximum Gasteiger partial charge on any atom is 0.123 e. The summed E-state index contributed by atoms with van der Waals surface area (Å²) in [5.41, 5.74) is 9.00. The lowest BCUT2D eigenvalue weighted by atomic mass is 9.99. The molecule has 3 nitrogen and oxygen atoms in total. The lowest BCUT2D eigenvalue weighted by molar-refractivity contribution is 0.171. The number of methoxy groups -OCH3 is 1. The topological polar surface area (TPSA) is 44.5 Å². The van der Waals surface area contributed by atoms with Crippen LogP contribution in [0.1, 0.15) is 37.3 Å². The van der Waals surface area contributed by atoms with Crippen LogP contribution < -0.4 is 10.5 Å². The van der Waals surface area contributed by atoms with Gasteiger partial charge in [0.1, 0.15) is 5.75 Å². The predicted molar refractivity (Wildman–Crippen MR) is 71.7 cm³/mol. The minimum absolute atomic E-state index is 0.412. The molecule has 0 atom stereocenters. The fourth-order valence-electron chi connectivity index (χ4n) is 1.68. The molecule has 0 saturated carbocycles. The highest BCUT2D eigenvalue weighted by atomic mass is 16.5. The van der Waals surface area contributed by atoms with Crippen LogP contribution in [0.25, 0.3) is 0 Å². The number of hydrogen-bond acceptors (Lipinski definition) is 3. The van der Waals surface area contributed by atoms with Gasteiger partial charge in [-0.05, 0) is 36.1 Å². The summed E-state index contributed by atoms with van der Waals surface area (Å²) in [5, 5.41) is 0. The van der Waals surface area contributed by atoms with Gasteiger partial charge in [0.15, 0.2) is 0 Å². The van der Waals surface area contributed by atoms with Crippen molar-refractivity contribution in [2.75, 3.05) is 26.1 Å². The fourth-order valence-corrected chi connectivity index (χ4v) is 1.68. The zero-order valence-corrected chi connectivity index (χ0v) is 11.2. The van der Waals surface area contributed by atoms with E-state index in [0.29, 0.717) is 12.5 Å². The molecule has 0 amide bonds. The van der Waals surface area contributed by atoms with Crippen molar-refractivity contribution in [2.24, 2.45) is 0 Å². The summed E-state index contributed by atoms with van der Waals surface area (Å²) in [4.78, 5) is 0. The van der Waals surface area contributed by atoms with Crippen LogP contribution in [0, 0.1) is 6.92 Å². The van der Waals surface area contributed by atoms with Crippen LogP contribution in [0.4, 0.5) is 5.69 Å². The molecular weight excluding hydrogens is 214 g/mol. The summed E-state index contributed by atoms with van der Waals surface area (Å²) >= 11 is 0. The minimum Gasteiger partial charge on any atom is -0.493 e. The van der Waals surface area contributed by atoms with Crippen molar-refractivity contribution in [1.82, 2.24) is 0 Å². The lowest BCUT2D eigenvalue weighted by Gasteiger charge is -2.16. The Morgan fingerprint density at radius 2 is 1.94 bits per heavy atom. The number of hydrogen-bond donors (Lipinski definition) is 1. The normalized spacial score (nSPS) is 10.9. The van der Waals surface area contributed by atoms with Gasteiger partial charge in [0.2, 0.25) is 0 Å². The molecular formula is C14H23NO2. The summed E-state index contributed by atoms with van der Waals surface area (Å²) in [6.07, 6.45) is 0.900. The molecule has 0 aliphatic heterocycles. The van der Waals surface area contributed by atoms with Crippen LogP contribution >= 0.6 is 0 Å². The average molecular weight is 237 g/mol. The SMILES string of the molecule is COCCCOc1cc(C)c(N)cc1C(C)C. The zero-order chi connectivity index (χ0) is 12.8. The highest BCUT2D eigenvalue weighted by molar-refractivity contribution is 5.55. The molecule has 0 bridgehead atoms. The number of rotatable bonds is 6. The number of aryl methyl sites for hydroxylation is 1. The fraction of sp³-hybridized carbons (Fsp3) is 0.571. The quantitative estimate of drug-likeness (QED) is 0.610. The van der Waals surface area contributed by atoms with Crippen LogP contribution in [0.5, 0.6) is 5.75 Å². The highest BCUT2D eigenvalue weighted by Gasteiger charge is 2.10. The van der Waals surface area contributed by atoms with Gasteiger partial charge in [-0.15, -0.1) is 0 Å². The monoisotopic (exact) mass is 237 g/mol. The lowest BCUT2D eigenvalue weighted by Crippen LogP contribution is -2.05. The first kappa shape index (κ1) is 13.8. The molecule has 0 radical (unpaired) electrons. The zero-order valence-electron chi connectivity index (χ0n) is 11.2. The van der Waals surface area contributed by atoms with E-state index in [1.807, 2.05) is 19.1 Å². The van der Waals surface area contributed by atoms with Gasteiger partial charge in [0, 0.05) is 25.8 Å². The second-order valence-electron chi connectivity index (χ2n) is 4.60. The van der Waals surface area contributed by atoms with Crippen molar-refractivity contribution in [2.45, 2.75) is 33.1 Å². The standard InChI is InChI=1S/C14H23NO2/c1-10(2)12-9-13(15)11(3)8-14(12)17-7-5-6-16-4/h8-10H,5-7,15H2,1-4H3. The first-order valence-corrected chi connectivity index (χ1v) is 6.08. The molecule has 0 unspecified atom stereocenters. The summed E-state index contributed by atoms with van der Waals surface area (Å²) in [7, 11) is 1.70. The van der Waals surface area contributed by atoms with E-state index in [1.165, 1.54) is 5.56 Å². The third-order valence-corrected chi connectivity index (χ3v) is 2.77. The Kier molecular flexibility index (Phi) is 5.29. The van der Waals surface area contributed by atoms with Gasteiger partial charge >= 0.3 is 0 Å². The second kappa shape index (κ2) is 6.50. The molecule has 3 heteroatoms. The van der Waals surface area contributed by atoms with Crippen molar-refractivity contribution in [3.8, 4) is 5.75 Å². The molecule has 96 valence electrons.